The third-order valence-electron chi connectivity index (χ3n) is 4.95. The van der Waals surface area contributed by atoms with Crippen LogP contribution in [0, 0.1) is 13.8 Å². The number of hydrogen-bond acceptors (Lipinski definition) is 3. The molecule has 1 N–H and O–H groups in total. The van der Waals surface area contributed by atoms with Crippen LogP contribution in [0.25, 0.3) is 0 Å². The Morgan fingerprint density at radius 1 is 1.25 bits per heavy atom. The van der Waals surface area contributed by atoms with Gasteiger partial charge in [0.1, 0.15) is 11.5 Å². The Morgan fingerprint density at radius 3 is 2.62 bits per heavy atom. The Hall–Kier alpha value is -2.07. The van der Waals surface area contributed by atoms with Crippen LogP contribution in [0.2, 0.25) is 0 Å². The van der Waals surface area contributed by atoms with Crippen molar-refractivity contribution in [2.45, 2.75) is 46.2 Å². The molecule has 24 heavy (non-hydrogen) atoms. The summed E-state index contributed by atoms with van der Waals surface area (Å²) in [6.45, 7) is 10.6. The molecular weight excluding hydrogens is 300 g/mol. The molecule has 0 saturated heterocycles. The lowest BCUT2D eigenvalue weighted by Crippen LogP contribution is -2.53. The number of nitrogens with one attached hydrogen (secondary N) is 1. The zero-order valence-corrected chi connectivity index (χ0v) is 15.0. The van der Waals surface area contributed by atoms with Crippen molar-refractivity contribution in [2.24, 2.45) is 0 Å². The van der Waals surface area contributed by atoms with E-state index in [0.29, 0.717) is 17.9 Å². The first-order valence-corrected chi connectivity index (χ1v) is 8.54. The van der Waals surface area contributed by atoms with Crippen molar-refractivity contribution in [1.82, 2.24) is 10.2 Å². The summed E-state index contributed by atoms with van der Waals surface area (Å²) in [5.41, 5.74) is 3.37. The molecule has 1 aliphatic rings. The zero-order chi connectivity index (χ0) is 17.3. The summed E-state index contributed by atoms with van der Waals surface area (Å²) < 4.78 is 5.45. The normalized spacial score (nSPS) is 15.2. The molecule has 2 aromatic rings. The topological polar surface area (TPSA) is 45.5 Å². The lowest BCUT2D eigenvalue weighted by Gasteiger charge is -2.41. The quantitative estimate of drug-likeness (QED) is 0.936. The largest absolute Gasteiger partial charge is 0.466 e. The Bertz CT molecular complexity index is 746. The molecule has 1 aliphatic heterocycles. The van der Waals surface area contributed by atoms with Crippen molar-refractivity contribution in [3.63, 3.8) is 0 Å². The first-order valence-electron chi connectivity index (χ1n) is 8.54. The number of amides is 1. The Balaban J connectivity index is 1.64. The Morgan fingerprint density at radius 2 is 1.96 bits per heavy atom. The third-order valence-corrected chi connectivity index (χ3v) is 4.95. The van der Waals surface area contributed by atoms with E-state index in [1.165, 1.54) is 11.1 Å². The predicted molar refractivity (Wildman–Crippen MR) is 95.2 cm³/mol. The highest BCUT2D eigenvalue weighted by Gasteiger charge is 2.30. The molecule has 4 heteroatoms. The molecule has 0 saturated carbocycles. The molecule has 3 rings (SSSR count). The highest BCUT2D eigenvalue weighted by Crippen LogP contribution is 2.25. The van der Waals surface area contributed by atoms with E-state index in [9.17, 15) is 4.79 Å². The number of nitrogens with zero attached hydrogens (tertiary/aromatic N) is 1. The predicted octanol–water partition coefficient (Wildman–Crippen LogP) is 3.46. The van der Waals surface area contributed by atoms with Crippen LogP contribution in [0.1, 0.15) is 46.9 Å². The van der Waals surface area contributed by atoms with E-state index < -0.39 is 0 Å². The van der Waals surface area contributed by atoms with Crippen molar-refractivity contribution in [1.29, 1.82) is 0 Å². The lowest BCUT2D eigenvalue weighted by atomic mass is 9.94. The molecule has 0 aliphatic carbocycles. The number of carbonyl (C=O) groups is 1. The monoisotopic (exact) mass is 326 g/mol. The van der Waals surface area contributed by atoms with Gasteiger partial charge < -0.3 is 9.73 Å². The van der Waals surface area contributed by atoms with Crippen molar-refractivity contribution < 1.29 is 9.21 Å². The third kappa shape index (κ3) is 3.39. The molecule has 0 bridgehead atoms. The zero-order valence-electron chi connectivity index (χ0n) is 15.0. The van der Waals surface area contributed by atoms with Crippen molar-refractivity contribution in [2.75, 3.05) is 13.1 Å². The van der Waals surface area contributed by atoms with Crippen LogP contribution in [-0.2, 0) is 13.0 Å². The number of aryl methyl sites for hydroxylation is 2. The van der Waals surface area contributed by atoms with Gasteiger partial charge in [0.15, 0.2) is 0 Å². The minimum atomic E-state index is -0.101. The van der Waals surface area contributed by atoms with Crippen LogP contribution >= 0.6 is 0 Å². The fourth-order valence-electron chi connectivity index (χ4n) is 3.37. The van der Waals surface area contributed by atoms with Gasteiger partial charge in [-0.2, -0.15) is 0 Å². The van der Waals surface area contributed by atoms with E-state index in [4.69, 9.17) is 4.42 Å². The lowest BCUT2D eigenvalue weighted by molar-refractivity contribution is 0.0825. The van der Waals surface area contributed by atoms with Crippen molar-refractivity contribution >= 4 is 5.91 Å². The van der Waals surface area contributed by atoms with Gasteiger partial charge in [-0.3, -0.25) is 9.69 Å². The van der Waals surface area contributed by atoms with Crippen LogP contribution in [0.4, 0.5) is 0 Å². The molecule has 1 aromatic heterocycles. The van der Waals surface area contributed by atoms with E-state index in [1.54, 1.807) is 6.07 Å². The summed E-state index contributed by atoms with van der Waals surface area (Å²) in [6, 6.07) is 10.4. The van der Waals surface area contributed by atoms with Gasteiger partial charge in [0.2, 0.25) is 0 Å². The SMILES string of the molecule is Cc1cc(C(=O)NCC(C)(C)N2CCc3ccccc3C2)c(C)o1. The number of hydrogen-bond donors (Lipinski definition) is 1. The minimum Gasteiger partial charge on any atom is -0.466 e. The summed E-state index contributed by atoms with van der Waals surface area (Å²) in [6.07, 6.45) is 1.06. The van der Waals surface area contributed by atoms with Crippen molar-refractivity contribution in [3.05, 3.63) is 58.5 Å². The maximum atomic E-state index is 12.4. The van der Waals surface area contributed by atoms with Crippen LogP contribution in [-0.4, -0.2) is 29.4 Å². The molecule has 0 atom stereocenters. The first-order chi connectivity index (χ1) is 11.4. The summed E-state index contributed by atoms with van der Waals surface area (Å²) in [5, 5.41) is 3.07. The second-order valence-electron chi connectivity index (χ2n) is 7.26. The number of rotatable bonds is 4. The maximum Gasteiger partial charge on any atom is 0.254 e. The molecule has 0 fully saturated rings. The van der Waals surface area contributed by atoms with E-state index >= 15 is 0 Å². The number of fused-ring (bicyclic) bond motifs is 1. The van der Waals surface area contributed by atoms with Crippen LogP contribution in [0.15, 0.2) is 34.7 Å². The number of benzene rings is 1. The van der Waals surface area contributed by atoms with Gasteiger partial charge in [-0.05, 0) is 51.3 Å². The number of carbonyl (C=O) groups excluding carboxylic acids is 1. The van der Waals surface area contributed by atoms with Crippen LogP contribution in [0.5, 0.6) is 0 Å². The molecule has 2 heterocycles. The van der Waals surface area contributed by atoms with E-state index in [1.807, 2.05) is 13.8 Å². The second kappa shape index (κ2) is 6.44. The summed E-state index contributed by atoms with van der Waals surface area (Å²) in [4.78, 5) is 14.9. The molecule has 4 nitrogen and oxygen atoms in total. The highest BCUT2D eigenvalue weighted by atomic mass is 16.3. The number of furan rings is 1. The van der Waals surface area contributed by atoms with Gasteiger partial charge >= 0.3 is 0 Å². The Kier molecular flexibility index (Phi) is 4.50. The molecule has 0 unspecified atom stereocenters. The average molecular weight is 326 g/mol. The van der Waals surface area contributed by atoms with Gasteiger partial charge in [-0.1, -0.05) is 24.3 Å². The molecular formula is C20H26N2O2. The van der Waals surface area contributed by atoms with Gasteiger partial charge in [0.05, 0.1) is 5.56 Å². The smallest absolute Gasteiger partial charge is 0.254 e. The minimum absolute atomic E-state index is 0.0603. The van der Waals surface area contributed by atoms with Gasteiger partial charge in [0, 0.05) is 25.2 Å². The van der Waals surface area contributed by atoms with Gasteiger partial charge in [0.25, 0.3) is 5.91 Å². The molecule has 0 radical (unpaired) electrons. The van der Waals surface area contributed by atoms with E-state index in [2.05, 4.69) is 48.3 Å². The average Bonchev–Trinajstić information content (AvgIpc) is 2.90. The molecule has 0 spiro atoms. The van der Waals surface area contributed by atoms with E-state index in [0.717, 1.165) is 25.3 Å². The van der Waals surface area contributed by atoms with Crippen molar-refractivity contribution in [3.8, 4) is 0 Å². The fraction of sp³-hybridized carbons (Fsp3) is 0.450. The maximum absolute atomic E-state index is 12.4. The summed E-state index contributed by atoms with van der Waals surface area (Å²) in [5.74, 6) is 1.38. The fourth-order valence-corrected chi connectivity index (χ4v) is 3.37. The molecule has 1 aromatic carbocycles. The van der Waals surface area contributed by atoms with E-state index in [-0.39, 0.29) is 11.4 Å². The summed E-state index contributed by atoms with van der Waals surface area (Å²) in [7, 11) is 0. The van der Waals surface area contributed by atoms with Crippen LogP contribution in [0.3, 0.4) is 0 Å². The molecule has 1 amide bonds. The van der Waals surface area contributed by atoms with Gasteiger partial charge in [-0.25, -0.2) is 0 Å². The van der Waals surface area contributed by atoms with Crippen LogP contribution < -0.4 is 5.32 Å². The first kappa shape index (κ1) is 16.8. The standard InChI is InChI=1S/C20H26N2O2/c1-14-11-18(15(2)24-14)19(23)21-13-20(3,4)22-10-9-16-7-5-6-8-17(16)12-22/h5-8,11H,9-10,12-13H2,1-4H3,(H,21,23). The summed E-state index contributed by atoms with van der Waals surface area (Å²) >= 11 is 0. The highest BCUT2D eigenvalue weighted by molar-refractivity contribution is 5.95. The second-order valence-corrected chi connectivity index (χ2v) is 7.26. The van der Waals surface area contributed by atoms with Gasteiger partial charge in [-0.15, -0.1) is 0 Å². The Labute approximate surface area is 143 Å². The molecule has 128 valence electrons.